The molecule has 126 valence electrons. The summed E-state index contributed by atoms with van der Waals surface area (Å²) in [5, 5.41) is 2.83. The molecule has 0 saturated carbocycles. The van der Waals surface area contributed by atoms with E-state index in [0.717, 1.165) is 24.2 Å². The van der Waals surface area contributed by atoms with Crippen molar-refractivity contribution < 1.29 is 14.3 Å². The van der Waals surface area contributed by atoms with Gasteiger partial charge < -0.3 is 15.8 Å². The van der Waals surface area contributed by atoms with Crippen LogP contribution in [0.25, 0.3) is 0 Å². The fourth-order valence-electron chi connectivity index (χ4n) is 2.18. The van der Waals surface area contributed by atoms with E-state index in [1.54, 1.807) is 18.2 Å². The van der Waals surface area contributed by atoms with Crippen molar-refractivity contribution in [2.45, 2.75) is 26.3 Å². The predicted octanol–water partition coefficient (Wildman–Crippen LogP) is 2.89. The lowest BCUT2D eigenvalue weighted by atomic mass is 10.1. The molecule has 0 bridgehead atoms. The first kappa shape index (κ1) is 17.5. The number of hydrogen-bond donors (Lipinski definition) is 2. The highest BCUT2D eigenvalue weighted by Gasteiger charge is 2.08. The lowest BCUT2D eigenvalue weighted by molar-refractivity contribution is 0.0951. The van der Waals surface area contributed by atoms with E-state index in [1.807, 2.05) is 24.3 Å². The first-order chi connectivity index (χ1) is 11.6. The third kappa shape index (κ3) is 5.12. The van der Waals surface area contributed by atoms with Crippen LogP contribution in [-0.4, -0.2) is 18.4 Å². The van der Waals surface area contributed by atoms with Crippen molar-refractivity contribution in [2.24, 2.45) is 5.73 Å². The number of rotatable bonds is 8. The average Bonchev–Trinajstić information content (AvgIpc) is 2.60. The first-order valence-electron chi connectivity index (χ1n) is 8.00. The molecule has 0 radical (unpaired) electrons. The zero-order valence-corrected chi connectivity index (χ0v) is 13.7. The standard InChI is InChI=1S/C19H22N2O3/c1-2-3-10-24-17-9-4-6-14(11-17)13-21-19(23)16-8-5-7-15(12-16)18(20)22/h4-9,11-12H,2-3,10,13H2,1H3,(H2,20,22)(H,21,23). The van der Waals surface area contributed by atoms with Crippen LogP contribution in [0.4, 0.5) is 0 Å². The minimum absolute atomic E-state index is 0.254. The monoisotopic (exact) mass is 326 g/mol. The molecule has 3 N–H and O–H groups in total. The number of carbonyl (C=O) groups is 2. The van der Waals surface area contributed by atoms with Gasteiger partial charge in [-0.05, 0) is 42.3 Å². The zero-order chi connectivity index (χ0) is 17.4. The molecule has 0 heterocycles. The molecule has 0 aliphatic heterocycles. The van der Waals surface area contributed by atoms with Crippen molar-refractivity contribution in [2.75, 3.05) is 6.61 Å². The summed E-state index contributed by atoms with van der Waals surface area (Å²) >= 11 is 0. The quantitative estimate of drug-likeness (QED) is 0.732. The van der Waals surface area contributed by atoms with Gasteiger partial charge in [0.2, 0.25) is 5.91 Å². The fraction of sp³-hybridized carbons (Fsp3) is 0.263. The van der Waals surface area contributed by atoms with Crippen LogP contribution in [0.1, 0.15) is 46.0 Å². The molecule has 2 rings (SSSR count). The van der Waals surface area contributed by atoms with Crippen molar-refractivity contribution >= 4 is 11.8 Å². The maximum absolute atomic E-state index is 12.2. The third-order valence-electron chi connectivity index (χ3n) is 3.53. The summed E-state index contributed by atoms with van der Waals surface area (Å²) < 4.78 is 5.66. The van der Waals surface area contributed by atoms with E-state index in [2.05, 4.69) is 12.2 Å². The fourth-order valence-corrected chi connectivity index (χ4v) is 2.18. The van der Waals surface area contributed by atoms with Gasteiger partial charge >= 0.3 is 0 Å². The molecule has 0 aliphatic carbocycles. The number of primary amides is 1. The Bertz CT molecular complexity index is 713. The number of amides is 2. The molecule has 5 nitrogen and oxygen atoms in total. The van der Waals surface area contributed by atoms with E-state index in [9.17, 15) is 9.59 Å². The summed E-state index contributed by atoms with van der Waals surface area (Å²) in [4.78, 5) is 23.4. The van der Waals surface area contributed by atoms with Crippen LogP contribution in [0.5, 0.6) is 5.75 Å². The molecule has 24 heavy (non-hydrogen) atoms. The van der Waals surface area contributed by atoms with Crippen LogP contribution >= 0.6 is 0 Å². The predicted molar refractivity (Wildman–Crippen MR) is 93.0 cm³/mol. The van der Waals surface area contributed by atoms with E-state index < -0.39 is 5.91 Å². The average molecular weight is 326 g/mol. The van der Waals surface area contributed by atoms with Crippen LogP contribution < -0.4 is 15.8 Å². The van der Waals surface area contributed by atoms with Gasteiger partial charge in [-0.1, -0.05) is 31.5 Å². The zero-order valence-electron chi connectivity index (χ0n) is 13.7. The van der Waals surface area contributed by atoms with Gasteiger partial charge in [0.15, 0.2) is 0 Å². The summed E-state index contributed by atoms with van der Waals surface area (Å²) in [6.45, 7) is 3.18. The Balaban J connectivity index is 1.95. The first-order valence-corrected chi connectivity index (χ1v) is 8.00. The Hall–Kier alpha value is -2.82. The van der Waals surface area contributed by atoms with Crippen molar-refractivity contribution in [3.63, 3.8) is 0 Å². The molecule has 0 unspecified atom stereocenters. The van der Waals surface area contributed by atoms with E-state index in [4.69, 9.17) is 10.5 Å². The minimum atomic E-state index is -0.554. The van der Waals surface area contributed by atoms with Gasteiger partial charge in [-0.25, -0.2) is 0 Å². The van der Waals surface area contributed by atoms with Gasteiger partial charge in [0, 0.05) is 17.7 Å². The van der Waals surface area contributed by atoms with Crippen LogP contribution in [-0.2, 0) is 6.54 Å². The molecule has 0 aromatic heterocycles. The Labute approximate surface area is 141 Å². The molecule has 5 heteroatoms. The summed E-state index contributed by atoms with van der Waals surface area (Å²) in [6.07, 6.45) is 2.09. The van der Waals surface area contributed by atoms with Crippen molar-refractivity contribution in [3.05, 3.63) is 65.2 Å². The Morgan fingerprint density at radius 1 is 1.08 bits per heavy atom. The van der Waals surface area contributed by atoms with Gasteiger partial charge in [0.05, 0.1) is 6.61 Å². The lowest BCUT2D eigenvalue weighted by Gasteiger charge is -2.09. The molecular weight excluding hydrogens is 304 g/mol. The maximum atomic E-state index is 12.2. The van der Waals surface area contributed by atoms with Gasteiger partial charge in [-0.3, -0.25) is 9.59 Å². The molecule has 2 aromatic rings. The van der Waals surface area contributed by atoms with Crippen molar-refractivity contribution in [3.8, 4) is 5.75 Å². The number of carbonyl (C=O) groups excluding carboxylic acids is 2. The van der Waals surface area contributed by atoms with Crippen LogP contribution in [0.2, 0.25) is 0 Å². The number of nitrogens with two attached hydrogens (primary N) is 1. The Morgan fingerprint density at radius 3 is 2.58 bits per heavy atom. The molecule has 2 aromatic carbocycles. The minimum Gasteiger partial charge on any atom is -0.494 e. The number of benzene rings is 2. The van der Waals surface area contributed by atoms with Crippen LogP contribution in [0.15, 0.2) is 48.5 Å². The van der Waals surface area contributed by atoms with Gasteiger partial charge in [-0.15, -0.1) is 0 Å². The van der Waals surface area contributed by atoms with Gasteiger partial charge in [0.1, 0.15) is 5.75 Å². The normalized spacial score (nSPS) is 10.2. The lowest BCUT2D eigenvalue weighted by Crippen LogP contribution is -2.23. The summed E-state index contributed by atoms with van der Waals surface area (Å²) in [7, 11) is 0. The molecule has 0 saturated heterocycles. The van der Waals surface area contributed by atoms with Crippen molar-refractivity contribution in [1.82, 2.24) is 5.32 Å². The second-order valence-electron chi connectivity index (χ2n) is 5.48. The Morgan fingerprint density at radius 2 is 1.83 bits per heavy atom. The third-order valence-corrected chi connectivity index (χ3v) is 3.53. The molecule has 0 spiro atoms. The van der Waals surface area contributed by atoms with Crippen LogP contribution in [0.3, 0.4) is 0 Å². The highest BCUT2D eigenvalue weighted by atomic mass is 16.5. The molecular formula is C19H22N2O3. The van der Waals surface area contributed by atoms with Gasteiger partial charge in [-0.2, -0.15) is 0 Å². The maximum Gasteiger partial charge on any atom is 0.251 e. The summed E-state index contributed by atoms with van der Waals surface area (Å²) in [6, 6.07) is 14.0. The highest BCUT2D eigenvalue weighted by molar-refractivity contribution is 5.99. The smallest absolute Gasteiger partial charge is 0.251 e. The number of hydrogen-bond acceptors (Lipinski definition) is 3. The summed E-state index contributed by atoms with van der Waals surface area (Å²) in [5.74, 6) is -0.0112. The van der Waals surface area contributed by atoms with E-state index in [1.165, 1.54) is 6.07 Å². The SMILES string of the molecule is CCCCOc1cccc(CNC(=O)c2cccc(C(N)=O)c2)c1. The molecule has 0 fully saturated rings. The van der Waals surface area contributed by atoms with E-state index in [-0.39, 0.29) is 5.91 Å². The van der Waals surface area contributed by atoms with E-state index >= 15 is 0 Å². The van der Waals surface area contributed by atoms with Gasteiger partial charge in [0.25, 0.3) is 5.91 Å². The topological polar surface area (TPSA) is 81.4 Å². The van der Waals surface area contributed by atoms with E-state index in [0.29, 0.717) is 24.3 Å². The molecule has 0 atom stereocenters. The number of unbranched alkanes of at least 4 members (excludes halogenated alkanes) is 1. The molecule has 0 aliphatic rings. The second-order valence-corrected chi connectivity index (χ2v) is 5.48. The molecule has 2 amide bonds. The number of nitrogens with one attached hydrogen (secondary N) is 1. The van der Waals surface area contributed by atoms with Crippen LogP contribution in [0, 0.1) is 0 Å². The summed E-state index contributed by atoms with van der Waals surface area (Å²) in [5.41, 5.74) is 6.90. The van der Waals surface area contributed by atoms with Crippen molar-refractivity contribution in [1.29, 1.82) is 0 Å². The Kier molecular flexibility index (Phi) is 6.37. The highest BCUT2D eigenvalue weighted by Crippen LogP contribution is 2.14. The largest absolute Gasteiger partial charge is 0.494 e. The second kappa shape index (κ2) is 8.72. The number of ether oxygens (including phenoxy) is 1.